The van der Waals surface area contributed by atoms with Gasteiger partial charge in [-0.3, -0.25) is 9.78 Å². The Kier molecular flexibility index (Phi) is 4.09. The fourth-order valence-corrected chi connectivity index (χ4v) is 2.11. The van der Waals surface area contributed by atoms with Crippen LogP contribution in [0.2, 0.25) is 0 Å². The fourth-order valence-electron chi connectivity index (χ4n) is 2.11. The monoisotopic (exact) mass is 233 g/mol. The van der Waals surface area contributed by atoms with Crippen LogP contribution in [0.4, 0.5) is 0 Å². The van der Waals surface area contributed by atoms with Gasteiger partial charge in [-0.2, -0.15) is 0 Å². The summed E-state index contributed by atoms with van der Waals surface area (Å²) >= 11 is 0. The summed E-state index contributed by atoms with van der Waals surface area (Å²) in [7, 11) is 0. The van der Waals surface area contributed by atoms with E-state index in [2.05, 4.69) is 15.6 Å². The maximum atomic E-state index is 12.0. The van der Waals surface area contributed by atoms with Gasteiger partial charge in [-0.15, -0.1) is 0 Å². The van der Waals surface area contributed by atoms with Gasteiger partial charge in [-0.1, -0.05) is 12.5 Å². The topological polar surface area (TPSA) is 54.0 Å². The average Bonchev–Trinajstić information content (AvgIpc) is 2.40. The van der Waals surface area contributed by atoms with E-state index >= 15 is 0 Å². The average molecular weight is 233 g/mol. The van der Waals surface area contributed by atoms with Crippen molar-refractivity contribution in [3.05, 3.63) is 30.1 Å². The first-order valence-corrected chi connectivity index (χ1v) is 6.21. The fraction of sp³-hybridized carbons (Fsp3) is 0.538. The molecule has 0 aromatic carbocycles. The van der Waals surface area contributed by atoms with Gasteiger partial charge in [-0.25, -0.2) is 0 Å². The van der Waals surface area contributed by atoms with Crippen molar-refractivity contribution in [3.63, 3.8) is 0 Å². The van der Waals surface area contributed by atoms with E-state index in [1.54, 1.807) is 12.4 Å². The first-order chi connectivity index (χ1) is 8.27. The van der Waals surface area contributed by atoms with Gasteiger partial charge in [0.1, 0.15) is 0 Å². The molecule has 4 heteroatoms. The van der Waals surface area contributed by atoms with Gasteiger partial charge in [0, 0.05) is 12.4 Å². The van der Waals surface area contributed by atoms with E-state index in [9.17, 15) is 4.79 Å². The van der Waals surface area contributed by atoms with Crippen molar-refractivity contribution < 1.29 is 4.79 Å². The van der Waals surface area contributed by atoms with Gasteiger partial charge in [0.2, 0.25) is 5.91 Å². The Balaban J connectivity index is 1.89. The summed E-state index contributed by atoms with van der Waals surface area (Å²) < 4.78 is 0. The molecule has 2 N–H and O–H groups in total. The summed E-state index contributed by atoms with van der Waals surface area (Å²) in [5, 5.41) is 6.27. The molecule has 1 unspecified atom stereocenters. The predicted molar refractivity (Wildman–Crippen MR) is 66.4 cm³/mol. The summed E-state index contributed by atoms with van der Waals surface area (Å²) in [5.74, 6) is 0.0982. The van der Waals surface area contributed by atoms with Crippen LogP contribution < -0.4 is 10.6 Å². The Morgan fingerprint density at radius 3 is 3.12 bits per heavy atom. The van der Waals surface area contributed by atoms with Crippen molar-refractivity contribution in [2.45, 2.75) is 38.3 Å². The van der Waals surface area contributed by atoms with Gasteiger partial charge in [0.25, 0.3) is 0 Å². The summed E-state index contributed by atoms with van der Waals surface area (Å²) in [4.78, 5) is 16.0. The van der Waals surface area contributed by atoms with E-state index in [0.717, 1.165) is 24.9 Å². The van der Waals surface area contributed by atoms with Crippen LogP contribution in [0, 0.1) is 0 Å². The van der Waals surface area contributed by atoms with Crippen LogP contribution in [0.1, 0.15) is 37.8 Å². The predicted octanol–water partition coefficient (Wildman–Crippen LogP) is 1.40. The molecule has 1 amide bonds. The SMILES string of the molecule is C[C@@H](NC(=O)C1CCCCN1)c1cccnc1. The van der Waals surface area contributed by atoms with Crippen LogP contribution in [-0.4, -0.2) is 23.5 Å². The van der Waals surface area contributed by atoms with Gasteiger partial charge >= 0.3 is 0 Å². The molecule has 1 saturated heterocycles. The van der Waals surface area contributed by atoms with Gasteiger partial charge in [-0.05, 0) is 37.9 Å². The number of hydrogen-bond donors (Lipinski definition) is 2. The molecule has 0 saturated carbocycles. The molecule has 2 rings (SSSR count). The molecule has 1 aromatic rings. The highest BCUT2D eigenvalue weighted by Gasteiger charge is 2.21. The lowest BCUT2D eigenvalue weighted by Gasteiger charge is -2.24. The van der Waals surface area contributed by atoms with Crippen molar-refractivity contribution in [2.75, 3.05) is 6.54 Å². The number of piperidine rings is 1. The minimum Gasteiger partial charge on any atom is -0.348 e. The third-order valence-electron chi connectivity index (χ3n) is 3.17. The Labute approximate surface area is 102 Å². The van der Waals surface area contributed by atoms with Crippen LogP contribution in [-0.2, 0) is 4.79 Å². The van der Waals surface area contributed by atoms with E-state index in [-0.39, 0.29) is 18.0 Å². The van der Waals surface area contributed by atoms with E-state index in [0.29, 0.717) is 0 Å². The lowest BCUT2D eigenvalue weighted by atomic mass is 10.0. The van der Waals surface area contributed by atoms with Gasteiger partial charge in [0.05, 0.1) is 12.1 Å². The number of nitrogens with zero attached hydrogens (tertiary/aromatic N) is 1. The molecule has 0 radical (unpaired) electrons. The highest BCUT2D eigenvalue weighted by molar-refractivity contribution is 5.82. The summed E-state index contributed by atoms with van der Waals surface area (Å²) in [6.07, 6.45) is 6.76. The molecule has 92 valence electrons. The first kappa shape index (κ1) is 12.0. The third-order valence-corrected chi connectivity index (χ3v) is 3.17. The quantitative estimate of drug-likeness (QED) is 0.829. The zero-order chi connectivity index (χ0) is 12.1. The molecule has 1 aromatic heterocycles. The maximum Gasteiger partial charge on any atom is 0.237 e. The number of carbonyl (C=O) groups is 1. The molecular formula is C13H19N3O. The molecule has 0 spiro atoms. The van der Waals surface area contributed by atoms with E-state index in [1.165, 1.54) is 6.42 Å². The van der Waals surface area contributed by atoms with E-state index < -0.39 is 0 Å². The number of pyridine rings is 1. The molecule has 2 atom stereocenters. The molecule has 1 aliphatic rings. The van der Waals surface area contributed by atoms with Gasteiger partial charge in [0.15, 0.2) is 0 Å². The number of amides is 1. The van der Waals surface area contributed by atoms with Gasteiger partial charge < -0.3 is 10.6 Å². The summed E-state index contributed by atoms with van der Waals surface area (Å²) in [6, 6.07) is 3.85. The maximum absolute atomic E-state index is 12.0. The molecule has 0 aliphatic carbocycles. The van der Waals surface area contributed by atoms with Crippen molar-refractivity contribution in [1.82, 2.24) is 15.6 Å². The number of aromatic nitrogens is 1. The number of hydrogen-bond acceptors (Lipinski definition) is 3. The largest absolute Gasteiger partial charge is 0.348 e. The third kappa shape index (κ3) is 3.27. The summed E-state index contributed by atoms with van der Waals surface area (Å²) in [5.41, 5.74) is 1.04. The number of rotatable bonds is 3. The lowest BCUT2D eigenvalue weighted by molar-refractivity contribution is -0.124. The second-order valence-electron chi connectivity index (χ2n) is 4.52. The Morgan fingerprint density at radius 2 is 2.47 bits per heavy atom. The molecule has 4 nitrogen and oxygen atoms in total. The highest BCUT2D eigenvalue weighted by atomic mass is 16.2. The van der Waals surface area contributed by atoms with E-state index in [1.807, 2.05) is 19.1 Å². The van der Waals surface area contributed by atoms with Crippen LogP contribution in [0.3, 0.4) is 0 Å². The molecule has 1 fully saturated rings. The molecule has 1 aliphatic heterocycles. The van der Waals surface area contributed by atoms with Crippen LogP contribution in [0.25, 0.3) is 0 Å². The normalized spacial score (nSPS) is 21.8. The second-order valence-corrected chi connectivity index (χ2v) is 4.52. The first-order valence-electron chi connectivity index (χ1n) is 6.21. The van der Waals surface area contributed by atoms with Crippen molar-refractivity contribution in [2.24, 2.45) is 0 Å². The molecular weight excluding hydrogens is 214 g/mol. The van der Waals surface area contributed by atoms with Crippen molar-refractivity contribution >= 4 is 5.91 Å². The molecule has 0 bridgehead atoms. The zero-order valence-electron chi connectivity index (χ0n) is 10.1. The van der Waals surface area contributed by atoms with E-state index in [4.69, 9.17) is 0 Å². The van der Waals surface area contributed by atoms with Crippen LogP contribution in [0.5, 0.6) is 0 Å². The van der Waals surface area contributed by atoms with Crippen molar-refractivity contribution in [1.29, 1.82) is 0 Å². The Bertz CT molecular complexity index is 360. The highest BCUT2D eigenvalue weighted by Crippen LogP contribution is 2.12. The minimum atomic E-state index is -0.0251. The Hall–Kier alpha value is -1.42. The second kappa shape index (κ2) is 5.77. The Morgan fingerprint density at radius 1 is 1.59 bits per heavy atom. The van der Waals surface area contributed by atoms with Crippen LogP contribution in [0.15, 0.2) is 24.5 Å². The van der Waals surface area contributed by atoms with Crippen molar-refractivity contribution in [3.8, 4) is 0 Å². The standard InChI is InChI=1S/C13H19N3O/c1-10(11-5-4-7-14-9-11)16-13(17)12-6-2-3-8-15-12/h4-5,7,9-10,12,15H,2-3,6,8H2,1H3,(H,16,17)/t10-,12?/m1/s1. The summed E-state index contributed by atoms with van der Waals surface area (Å²) in [6.45, 7) is 2.93. The lowest BCUT2D eigenvalue weighted by Crippen LogP contribution is -2.47. The molecule has 2 heterocycles. The number of carbonyl (C=O) groups excluding carboxylic acids is 1. The smallest absolute Gasteiger partial charge is 0.237 e. The number of nitrogens with one attached hydrogen (secondary N) is 2. The zero-order valence-corrected chi connectivity index (χ0v) is 10.1. The van der Waals surface area contributed by atoms with Crippen LogP contribution >= 0.6 is 0 Å². The minimum absolute atomic E-state index is 0.0138. The molecule has 17 heavy (non-hydrogen) atoms.